The Hall–Kier alpha value is -1.29. The van der Waals surface area contributed by atoms with Crippen molar-refractivity contribution in [1.82, 2.24) is 9.55 Å². The minimum Gasteiger partial charge on any atom is -0.377 e. The molecule has 0 aromatic carbocycles. The Morgan fingerprint density at radius 1 is 1.44 bits per heavy atom. The predicted molar refractivity (Wildman–Crippen MR) is 87.3 cm³/mol. The fourth-order valence-corrected chi connectivity index (χ4v) is 3.24. The van der Waals surface area contributed by atoms with E-state index in [1.807, 2.05) is 6.92 Å². The highest BCUT2D eigenvalue weighted by Gasteiger charge is 2.38. The van der Waals surface area contributed by atoms with Crippen LogP contribution < -0.4 is 11.2 Å². The number of nitrogens with zero attached hydrogens (tertiary/aromatic N) is 1. The number of H-pyrrole nitrogens is 1. The maximum Gasteiger partial charge on any atom is 0.472 e. The van der Waals surface area contributed by atoms with Gasteiger partial charge in [-0.05, 0) is 6.42 Å². The zero-order valence-electron chi connectivity index (χ0n) is 14.1. The Labute approximate surface area is 144 Å². The van der Waals surface area contributed by atoms with Crippen LogP contribution in [0.3, 0.4) is 0 Å². The van der Waals surface area contributed by atoms with Crippen molar-refractivity contribution in [2.45, 2.75) is 44.6 Å². The van der Waals surface area contributed by atoms with Gasteiger partial charge in [-0.1, -0.05) is 13.3 Å². The van der Waals surface area contributed by atoms with Crippen molar-refractivity contribution in [1.29, 1.82) is 0 Å². The summed E-state index contributed by atoms with van der Waals surface area (Å²) in [5, 5.41) is 0. The quantitative estimate of drug-likeness (QED) is 0.476. The lowest BCUT2D eigenvalue weighted by Gasteiger charge is -2.19. The molecule has 2 N–H and O–H groups in total. The molecule has 1 aromatic heterocycles. The first-order valence-corrected chi connectivity index (χ1v) is 9.47. The first-order valence-electron chi connectivity index (χ1n) is 7.98. The molecule has 1 saturated heterocycles. The summed E-state index contributed by atoms with van der Waals surface area (Å²) in [5.74, 6) is 0. The number of hydrogen-bond acceptors (Lipinski definition) is 7. The molecular weight excluding hydrogens is 355 g/mol. The molecule has 0 amide bonds. The second-order valence-corrected chi connectivity index (χ2v) is 7.08. The molecule has 0 aliphatic carbocycles. The van der Waals surface area contributed by atoms with Crippen LogP contribution in [0.1, 0.15) is 32.4 Å². The van der Waals surface area contributed by atoms with E-state index in [0.29, 0.717) is 12.8 Å². The van der Waals surface area contributed by atoms with Gasteiger partial charge in [0.05, 0.1) is 19.3 Å². The maximum absolute atomic E-state index is 11.9. The van der Waals surface area contributed by atoms with Crippen molar-refractivity contribution in [3.8, 4) is 0 Å². The van der Waals surface area contributed by atoms with E-state index in [4.69, 9.17) is 18.5 Å². The standard InChI is InChI=1S/C14H23N2O8P/c1-3-4-7-22-25(19,20)23-9-10-8-11(21-2)13(24-10)16-6-5-12(17)15-14(16)18/h5-6,10-11,13H,3-4,7-9H2,1-2H3,(H,19,20)(H,15,17,18)/t10-,11-,13-/m1/s1. The molecule has 25 heavy (non-hydrogen) atoms. The lowest BCUT2D eigenvalue weighted by Crippen LogP contribution is -2.35. The van der Waals surface area contributed by atoms with Crippen LogP contribution in [0.15, 0.2) is 21.9 Å². The molecule has 10 nitrogen and oxygen atoms in total. The average molecular weight is 378 g/mol. The van der Waals surface area contributed by atoms with Crippen LogP contribution >= 0.6 is 7.82 Å². The Kier molecular flexibility index (Phi) is 7.12. The number of nitrogens with one attached hydrogen (secondary N) is 1. The highest BCUT2D eigenvalue weighted by molar-refractivity contribution is 7.47. The number of aromatic amines is 1. The average Bonchev–Trinajstić information content (AvgIpc) is 2.96. The SMILES string of the molecule is CCCCOP(=O)(O)OC[C@H]1C[C@@H](OC)[C@H](n2ccc(=O)[nH]c2=O)O1. The largest absolute Gasteiger partial charge is 0.472 e. The molecule has 0 spiro atoms. The highest BCUT2D eigenvalue weighted by Crippen LogP contribution is 2.44. The van der Waals surface area contributed by atoms with Crippen LogP contribution in [0.4, 0.5) is 0 Å². The van der Waals surface area contributed by atoms with Gasteiger partial charge in [0.1, 0.15) is 6.10 Å². The smallest absolute Gasteiger partial charge is 0.377 e. The Morgan fingerprint density at radius 2 is 2.20 bits per heavy atom. The fraction of sp³-hybridized carbons (Fsp3) is 0.714. The van der Waals surface area contributed by atoms with Gasteiger partial charge in [0.2, 0.25) is 0 Å². The van der Waals surface area contributed by atoms with Gasteiger partial charge in [0.15, 0.2) is 6.23 Å². The van der Waals surface area contributed by atoms with Crippen molar-refractivity contribution in [2.24, 2.45) is 0 Å². The Bertz CT molecular complexity index is 717. The van der Waals surface area contributed by atoms with Crippen LogP contribution in [-0.2, 0) is 23.1 Å². The van der Waals surface area contributed by atoms with Crippen molar-refractivity contribution in [2.75, 3.05) is 20.3 Å². The normalized spacial score (nSPS) is 25.8. The van der Waals surface area contributed by atoms with E-state index in [1.165, 1.54) is 23.9 Å². The molecule has 0 bridgehead atoms. The molecule has 0 radical (unpaired) electrons. The van der Waals surface area contributed by atoms with Gasteiger partial charge in [-0.15, -0.1) is 0 Å². The molecule has 1 aliphatic rings. The van der Waals surface area contributed by atoms with Gasteiger partial charge in [-0.2, -0.15) is 0 Å². The third kappa shape index (κ3) is 5.60. The summed E-state index contributed by atoms with van der Waals surface area (Å²) in [7, 11) is -2.68. The number of aromatic nitrogens is 2. The predicted octanol–water partition coefficient (Wildman–Crippen LogP) is 0.773. The van der Waals surface area contributed by atoms with Crippen molar-refractivity contribution >= 4 is 7.82 Å². The number of unbranched alkanes of at least 4 members (excludes halogenated alkanes) is 1. The molecule has 142 valence electrons. The number of rotatable bonds is 9. The number of ether oxygens (including phenoxy) is 2. The zero-order valence-corrected chi connectivity index (χ0v) is 15.0. The van der Waals surface area contributed by atoms with Crippen LogP contribution in [0, 0.1) is 0 Å². The van der Waals surface area contributed by atoms with Crippen molar-refractivity contribution < 1.29 is 28.0 Å². The monoisotopic (exact) mass is 378 g/mol. The molecule has 0 saturated carbocycles. The molecule has 11 heteroatoms. The van der Waals surface area contributed by atoms with Crippen molar-refractivity contribution in [3.05, 3.63) is 33.1 Å². The van der Waals surface area contributed by atoms with E-state index in [9.17, 15) is 19.0 Å². The first-order chi connectivity index (χ1) is 11.9. The molecule has 2 heterocycles. The maximum atomic E-state index is 11.9. The van der Waals surface area contributed by atoms with Crippen molar-refractivity contribution in [3.63, 3.8) is 0 Å². The third-order valence-electron chi connectivity index (χ3n) is 3.75. The number of methoxy groups -OCH3 is 1. The molecule has 2 rings (SSSR count). The summed E-state index contributed by atoms with van der Waals surface area (Å²) in [4.78, 5) is 34.8. The van der Waals surface area contributed by atoms with Gasteiger partial charge in [-0.25, -0.2) is 9.36 Å². The summed E-state index contributed by atoms with van der Waals surface area (Å²) in [5.41, 5.74) is -1.14. The third-order valence-corrected chi connectivity index (χ3v) is 4.73. The summed E-state index contributed by atoms with van der Waals surface area (Å²) < 4.78 is 33.8. The van der Waals surface area contributed by atoms with E-state index in [2.05, 4.69) is 4.98 Å². The van der Waals surface area contributed by atoms with Gasteiger partial charge < -0.3 is 14.4 Å². The van der Waals surface area contributed by atoms with Crippen LogP contribution in [0.25, 0.3) is 0 Å². The lowest BCUT2D eigenvalue weighted by molar-refractivity contribution is -0.0626. The van der Waals surface area contributed by atoms with Crippen LogP contribution in [0.2, 0.25) is 0 Å². The van der Waals surface area contributed by atoms with Gasteiger partial charge in [0, 0.05) is 25.8 Å². The summed E-state index contributed by atoms with van der Waals surface area (Å²) in [6, 6.07) is 1.20. The van der Waals surface area contributed by atoms with E-state index in [1.54, 1.807) is 0 Å². The molecule has 4 atom stereocenters. The number of phosphoric ester groups is 1. The van der Waals surface area contributed by atoms with E-state index >= 15 is 0 Å². The topological polar surface area (TPSA) is 129 Å². The number of phosphoric acid groups is 1. The van der Waals surface area contributed by atoms with Gasteiger partial charge in [-0.3, -0.25) is 23.4 Å². The molecule has 1 aliphatic heterocycles. The van der Waals surface area contributed by atoms with E-state index in [0.717, 1.165) is 6.42 Å². The summed E-state index contributed by atoms with van der Waals surface area (Å²) >= 11 is 0. The molecular formula is C14H23N2O8P. The van der Waals surface area contributed by atoms with E-state index < -0.39 is 37.5 Å². The van der Waals surface area contributed by atoms with Gasteiger partial charge >= 0.3 is 13.5 Å². The highest BCUT2D eigenvalue weighted by atomic mass is 31.2. The minimum atomic E-state index is -4.15. The second kappa shape index (κ2) is 8.88. The lowest BCUT2D eigenvalue weighted by atomic mass is 10.2. The first kappa shape index (κ1) is 20.0. The molecule has 1 fully saturated rings. The zero-order chi connectivity index (χ0) is 18.4. The second-order valence-electron chi connectivity index (χ2n) is 5.63. The molecule has 1 aromatic rings. The Balaban J connectivity index is 1.98. The van der Waals surface area contributed by atoms with E-state index in [-0.39, 0.29) is 13.2 Å². The number of hydrogen-bond donors (Lipinski definition) is 2. The van der Waals surface area contributed by atoms with Gasteiger partial charge in [0.25, 0.3) is 5.56 Å². The van der Waals surface area contributed by atoms with Crippen LogP contribution in [-0.4, -0.2) is 47.0 Å². The summed E-state index contributed by atoms with van der Waals surface area (Å²) in [6.07, 6.45) is 1.32. The Morgan fingerprint density at radius 3 is 2.84 bits per heavy atom. The summed E-state index contributed by atoms with van der Waals surface area (Å²) in [6.45, 7) is 1.88. The fourth-order valence-electron chi connectivity index (χ4n) is 2.45. The minimum absolute atomic E-state index is 0.131. The van der Waals surface area contributed by atoms with Crippen LogP contribution in [0.5, 0.6) is 0 Å². The molecule has 1 unspecified atom stereocenters.